The molecule has 20 heteroatoms. The molecule has 3 rings (SSSR count). The molecular weight excluding hydrogens is 655 g/mol. The van der Waals surface area contributed by atoms with E-state index in [9.17, 15) is 49.1 Å². The van der Waals surface area contributed by atoms with E-state index in [0.29, 0.717) is 11.4 Å². The summed E-state index contributed by atoms with van der Waals surface area (Å²) < 4.78 is 110. The van der Waals surface area contributed by atoms with E-state index >= 15 is 0 Å². The number of ether oxygens (including phenoxy) is 1. The predicted molar refractivity (Wildman–Crippen MR) is 146 cm³/mol. The number of hydrogen-bond acceptors (Lipinski definition) is 10. The van der Waals surface area contributed by atoms with Crippen LogP contribution in [-0.4, -0.2) is 30.8 Å². The molecule has 0 saturated heterocycles. The summed E-state index contributed by atoms with van der Waals surface area (Å²) in [6, 6.07) is 15.7. The zero-order chi connectivity index (χ0) is 36.4. The van der Waals surface area contributed by atoms with Gasteiger partial charge in [-0.15, -0.1) is 0 Å². The van der Waals surface area contributed by atoms with Crippen molar-refractivity contribution in [1.82, 2.24) is 5.43 Å². The van der Waals surface area contributed by atoms with Gasteiger partial charge in [-0.2, -0.15) is 42.1 Å². The first kappa shape index (κ1) is 40.8. The van der Waals surface area contributed by atoms with Crippen molar-refractivity contribution in [2.24, 2.45) is 5.84 Å². The maximum absolute atomic E-state index is 12.8. The van der Waals surface area contributed by atoms with Crippen LogP contribution in [0.5, 0.6) is 0 Å². The van der Waals surface area contributed by atoms with Crippen LogP contribution < -0.4 is 27.9 Å². The summed E-state index contributed by atoms with van der Waals surface area (Å²) in [5.74, 6) is -1.16. The van der Waals surface area contributed by atoms with Gasteiger partial charge in [0.25, 0.3) is 0 Å². The molecule has 0 saturated carbocycles. The van der Waals surface area contributed by atoms with E-state index in [1.165, 1.54) is 54.8 Å². The lowest BCUT2D eigenvalue weighted by Gasteiger charge is -2.10. The number of esters is 1. The summed E-state index contributed by atoms with van der Waals surface area (Å²) >= 11 is 0. The lowest BCUT2D eigenvalue weighted by molar-refractivity contribution is -0.199. The van der Waals surface area contributed by atoms with Crippen LogP contribution in [0.2, 0.25) is 0 Å². The highest BCUT2D eigenvalue weighted by Crippen LogP contribution is 2.17. The topological polar surface area (TPSA) is 203 Å². The quantitative estimate of drug-likeness (QED) is 0.0816. The maximum Gasteiger partial charge on any atom is 0.490 e. The first-order valence-corrected chi connectivity index (χ1v) is 12.0. The van der Waals surface area contributed by atoms with Crippen molar-refractivity contribution in [3.63, 3.8) is 0 Å². The lowest BCUT2D eigenvalue weighted by Crippen LogP contribution is -2.40. The van der Waals surface area contributed by atoms with Crippen molar-refractivity contribution in [3.05, 3.63) is 88.7 Å². The van der Waals surface area contributed by atoms with Gasteiger partial charge in [-0.25, -0.2) is 18.0 Å². The number of amides is 1. The molecule has 7 N–H and O–H groups in total. The van der Waals surface area contributed by atoms with E-state index in [0.717, 1.165) is 18.2 Å². The van der Waals surface area contributed by atoms with Gasteiger partial charge in [0, 0.05) is 11.4 Å². The normalized spacial score (nSPS) is 9.87. The monoisotopic (exact) mass is 676 g/mol. The van der Waals surface area contributed by atoms with E-state index in [-0.39, 0.29) is 29.0 Å². The number of halogens is 9. The summed E-state index contributed by atoms with van der Waals surface area (Å²) in [6.07, 6.45) is -9.87. The third-order valence-electron chi connectivity index (χ3n) is 4.54. The van der Waals surface area contributed by atoms with E-state index < -0.39 is 41.7 Å². The minimum Gasteiger partial charge on any atom is -0.459 e. The molecule has 0 radical (unpaired) electrons. The van der Waals surface area contributed by atoms with Crippen LogP contribution in [0.25, 0.3) is 0 Å². The van der Waals surface area contributed by atoms with E-state index in [1.807, 2.05) is 5.43 Å². The number of hydrogen-bond donors (Lipinski definition) is 5. The highest BCUT2D eigenvalue weighted by Gasteiger charge is 2.40. The van der Waals surface area contributed by atoms with Gasteiger partial charge >= 0.3 is 24.2 Å². The molecule has 0 spiro atoms. The molecule has 11 nitrogen and oxygen atoms in total. The zero-order valence-corrected chi connectivity index (χ0v) is 23.5. The maximum atomic E-state index is 12.8. The molecule has 0 unspecified atom stereocenters. The van der Waals surface area contributed by atoms with Gasteiger partial charge in [0.05, 0.1) is 29.0 Å². The third-order valence-corrected chi connectivity index (χ3v) is 4.54. The number of rotatable bonds is 4. The van der Waals surface area contributed by atoms with Gasteiger partial charge in [0.2, 0.25) is 0 Å². The van der Waals surface area contributed by atoms with Gasteiger partial charge in [-0.05, 0) is 61.5 Å². The van der Waals surface area contributed by atoms with Crippen molar-refractivity contribution in [2.45, 2.75) is 19.3 Å². The summed E-state index contributed by atoms with van der Waals surface area (Å²) in [7, 11) is 0. The fourth-order valence-corrected chi connectivity index (χ4v) is 2.43. The molecule has 0 bridgehead atoms. The van der Waals surface area contributed by atoms with E-state index in [1.54, 1.807) is 12.1 Å². The number of nitrogen functional groups attached to an aromatic ring is 2. The van der Waals surface area contributed by atoms with Crippen molar-refractivity contribution in [2.75, 3.05) is 23.2 Å². The Bertz CT molecular complexity index is 1640. The highest BCUT2D eigenvalue weighted by molar-refractivity contribution is 5.82. The summed E-state index contributed by atoms with van der Waals surface area (Å²) in [5.41, 5.74) is 11.4. The molecule has 3 aromatic carbocycles. The molecule has 0 atom stereocenters. The molecule has 0 aliphatic heterocycles. The summed E-state index contributed by atoms with van der Waals surface area (Å²) in [6.45, 7) is 1.06. The highest BCUT2D eigenvalue weighted by atomic mass is 19.4. The van der Waals surface area contributed by atoms with E-state index in [4.69, 9.17) is 27.4 Å². The number of carbonyl (C=O) groups excluding carboxylic acids is 2. The Morgan fingerprint density at radius 3 is 1.53 bits per heavy atom. The Morgan fingerprint density at radius 1 is 0.745 bits per heavy atom. The van der Waals surface area contributed by atoms with Crippen LogP contribution in [0.3, 0.4) is 0 Å². The van der Waals surface area contributed by atoms with Gasteiger partial charge in [0.1, 0.15) is 35.7 Å². The van der Waals surface area contributed by atoms with Crippen LogP contribution in [-0.2, 0) is 14.3 Å². The molecule has 250 valence electrons. The van der Waals surface area contributed by atoms with Gasteiger partial charge in [-0.1, -0.05) is 0 Å². The largest absolute Gasteiger partial charge is 0.490 e. The third kappa shape index (κ3) is 15.4. The fourth-order valence-electron chi connectivity index (χ4n) is 2.43. The van der Waals surface area contributed by atoms with Gasteiger partial charge in [0.15, 0.2) is 0 Å². The molecule has 3 aromatic rings. The number of nitrogens with one attached hydrogen (secondary N) is 3. The molecule has 0 heterocycles. The second-order valence-electron chi connectivity index (χ2n) is 7.90. The fraction of sp³-hybridized carbons (Fsp3) is 0.148. The van der Waals surface area contributed by atoms with Crippen LogP contribution in [0, 0.1) is 51.4 Å². The molecule has 1 amide bonds. The van der Waals surface area contributed by atoms with Crippen LogP contribution >= 0.6 is 0 Å². The molecule has 0 aliphatic rings. The lowest BCUT2D eigenvalue weighted by atomic mass is 10.2. The number of alkyl halides is 6. The van der Waals surface area contributed by atoms with Crippen molar-refractivity contribution < 1.29 is 53.8 Å². The van der Waals surface area contributed by atoms with Gasteiger partial charge in [-0.3, -0.25) is 21.5 Å². The first-order valence-electron chi connectivity index (χ1n) is 12.0. The molecule has 0 fully saturated rings. The first-order chi connectivity index (χ1) is 21.8. The predicted octanol–water partition coefficient (Wildman–Crippen LogP) is 5.08. The number of nitrogens with zero attached hydrogens (tertiary/aromatic N) is 3. The Kier molecular flexibility index (Phi) is 16.7. The van der Waals surface area contributed by atoms with E-state index in [2.05, 4.69) is 10.2 Å². The minimum absolute atomic E-state index is 0.0135. The molecule has 0 aromatic heterocycles. The second kappa shape index (κ2) is 19.2. The molecule has 47 heavy (non-hydrogen) atoms. The number of benzene rings is 3. The molecule has 0 aliphatic carbocycles. The summed E-state index contributed by atoms with van der Waals surface area (Å²) in [5, 5.41) is 25.1. The second-order valence-corrected chi connectivity index (χ2v) is 7.90. The average molecular weight is 677 g/mol. The standard InChI is InChI=1S/C9H5F4N3O.C7H6FN3.C7H5FN2.C4H5F3O2/c10-7-2-1-6(3-5(7)4-14)15-16-8(17)9(11,12)13;8-7-2-1-6(11-10)3-5(7)4-9;8-7-2-1-6(10)3-5(7)4-9;1-2-9-3(8)4(5,6)7/h1-3,15H,(H,16,17);1-3,11H,10H2;1-3H,10H2;2H2,1H3. The Balaban J connectivity index is 0.000000622. The number of nitrogens with two attached hydrogens (primary N) is 2. The van der Waals surface area contributed by atoms with Crippen LogP contribution in [0.1, 0.15) is 23.6 Å². The van der Waals surface area contributed by atoms with Crippen molar-refractivity contribution >= 4 is 28.9 Å². The van der Waals surface area contributed by atoms with Crippen LogP contribution in [0.4, 0.5) is 56.6 Å². The number of nitriles is 3. The number of anilines is 3. The van der Waals surface area contributed by atoms with Crippen molar-refractivity contribution in [3.8, 4) is 18.2 Å². The van der Waals surface area contributed by atoms with Crippen LogP contribution in [0.15, 0.2) is 54.6 Å². The smallest absolute Gasteiger partial charge is 0.459 e. The van der Waals surface area contributed by atoms with Gasteiger partial charge < -0.3 is 15.9 Å². The van der Waals surface area contributed by atoms with Crippen molar-refractivity contribution in [1.29, 1.82) is 15.8 Å². The Hall–Kier alpha value is -6.20. The number of hydrazine groups is 2. The molecular formula is C27H21F9N8O3. The number of carbonyl (C=O) groups is 2. The Labute approximate surface area is 259 Å². The summed E-state index contributed by atoms with van der Waals surface area (Å²) in [4.78, 5) is 20.1. The zero-order valence-electron chi connectivity index (χ0n) is 23.5. The minimum atomic E-state index is -5.02. The Morgan fingerprint density at radius 2 is 1.17 bits per heavy atom. The SMILES string of the molecule is CCOC(=O)C(F)(F)F.N#Cc1cc(N)ccc1F.N#Cc1cc(NN)ccc1F.N#Cc1cc(NNC(=O)C(F)(F)F)ccc1F. The average Bonchev–Trinajstić information content (AvgIpc) is 3.02.